The highest BCUT2D eigenvalue weighted by Gasteiger charge is 2.43. The molecule has 0 aromatic rings. The van der Waals surface area contributed by atoms with Crippen LogP contribution in [0.25, 0.3) is 0 Å². The average Bonchev–Trinajstić information content (AvgIpc) is 2.28. The van der Waals surface area contributed by atoms with Gasteiger partial charge in [0, 0.05) is 25.4 Å². The highest BCUT2D eigenvalue weighted by atomic mass is 19.3. The third-order valence-electron chi connectivity index (χ3n) is 4.01. The third-order valence-corrected chi connectivity index (χ3v) is 4.01. The average molecular weight is 291 g/mol. The van der Waals surface area contributed by atoms with Gasteiger partial charge in [-0.3, -0.25) is 0 Å². The normalized spacial score (nSPS) is 26.3. The van der Waals surface area contributed by atoms with Gasteiger partial charge in [-0.15, -0.1) is 0 Å². The number of amides is 1. The molecule has 2 unspecified atom stereocenters. The summed E-state index contributed by atoms with van der Waals surface area (Å²) in [5, 5.41) is 9.27. The molecule has 2 atom stereocenters. The van der Waals surface area contributed by atoms with Crippen molar-refractivity contribution in [2.24, 2.45) is 17.3 Å². The van der Waals surface area contributed by atoms with Crippen molar-refractivity contribution >= 4 is 6.09 Å². The molecule has 3 nitrogen and oxygen atoms in total. The molecule has 0 bridgehead atoms. The Balaban J connectivity index is 2.64. The van der Waals surface area contributed by atoms with E-state index in [0.29, 0.717) is 32.4 Å². The number of carbonyl (C=O) groups is 1. The number of carboxylic acid groups (broad SMARTS) is 1. The van der Waals surface area contributed by atoms with Crippen LogP contribution < -0.4 is 0 Å². The van der Waals surface area contributed by atoms with Crippen LogP contribution in [-0.4, -0.2) is 35.1 Å². The van der Waals surface area contributed by atoms with Crippen molar-refractivity contribution < 1.29 is 18.7 Å². The molecule has 1 fully saturated rings. The zero-order chi connectivity index (χ0) is 15.6. The van der Waals surface area contributed by atoms with Gasteiger partial charge in [0.15, 0.2) is 0 Å². The summed E-state index contributed by atoms with van der Waals surface area (Å²) in [7, 11) is 0. The second kappa shape index (κ2) is 6.27. The molecule has 0 saturated heterocycles. The van der Waals surface area contributed by atoms with Crippen molar-refractivity contribution in [1.29, 1.82) is 0 Å². The van der Waals surface area contributed by atoms with Crippen LogP contribution in [0.4, 0.5) is 13.6 Å². The minimum Gasteiger partial charge on any atom is -0.465 e. The Morgan fingerprint density at radius 1 is 1.40 bits per heavy atom. The number of halogens is 2. The zero-order valence-electron chi connectivity index (χ0n) is 13.0. The molecule has 1 saturated carbocycles. The molecule has 0 aliphatic heterocycles. The Labute approximate surface area is 120 Å². The minimum absolute atomic E-state index is 0.0537. The minimum atomic E-state index is -2.58. The van der Waals surface area contributed by atoms with Crippen LogP contribution in [-0.2, 0) is 0 Å². The van der Waals surface area contributed by atoms with Gasteiger partial charge < -0.3 is 10.0 Å². The lowest BCUT2D eigenvalue weighted by Gasteiger charge is -2.38. The van der Waals surface area contributed by atoms with Gasteiger partial charge in [0.05, 0.1) is 0 Å². The Morgan fingerprint density at radius 3 is 2.45 bits per heavy atom. The van der Waals surface area contributed by atoms with Crippen molar-refractivity contribution in [1.82, 2.24) is 4.90 Å². The van der Waals surface area contributed by atoms with Crippen molar-refractivity contribution in [3.63, 3.8) is 0 Å². The van der Waals surface area contributed by atoms with Crippen LogP contribution in [0.3, 0.4) is 0 Å². The second-order valence-corrected chi connectivity index (χ2v) is 7.23. The summed E-state index contributed by atoms with van der Waals surface area (Å²) < 4.78 is 27.4. The Kier molecular flexibility index (Phi) is 5.39. The SMILES string of the molecule is CCC1CC(CN(CC(C)(C)C)C(=O)O)CCC1(F)F. The molecule has 1 N–H and O–H groups in total. The molecule has 5 heteroatoms. The van der Waals surface area contributed by atoms with Gasteiger partial charge in [0.2, 0.25) is 0 Å². The van der Waals surface area contributed by atoms with Crippen LogP contribution in [0.15, 0.2) is 0 Å². The molecule has 20 heavy (non-hydrogen) atoms. The molecule has 1 aliphatic carbocycles. The maximum Gasteiger partial charge on any atom is 0.407 e. The summed E-state index contributed by atoms with van der Waals surface area (Å²) in [6.45, 7) is 8.53. The van der Waals surface area contributed by atoms with E-state index in [1.54, 1.807) is 6.92 Å². The largest absolute Gasteiger partial charge is 0.465 e. The summed E-state index contributed by atoms with van der Waals surface area (Å²) in [5.74, 6) is -3.13. The fraction of sp³-hybridized carbons (Fsp3) is 0.933. The van der Waals surface area contributed by atoms with Gasteiger partial charge in [-0.1, -0.05) is 27.7 Å². The highest BCUT2D eigenvalue weighted by molar-refractivity contribution is 5.65. The van der Waals surface area contributed by atoms with Crippen molar-refractivity contribution in [2.45, 2.75) is 59.3 Å². The predicted molar refractivity (Wildman–Crippen MR) is 75.1 cm³/mol. The third kappa shape index (κ3) is 4.91. The van der Waals surface area contributed by atoms with E-state index >= 15 is 0 Å². The summed E-state index contributed by atoms with van der Waals surface area (Å²) in [6, 6.07) is 0. The first-order valence-electron chi connectivity index (χ1n) is 7.41. The topological polar surface area (TPSA) is 40.5 Å². The first kappa shape index (κ1) is 17.2. The lowest BCUT2D eigenvalue weighted by Crippen LogP contribution is -2.43. The first-order chi connectivity index (χ1) is 9.05. The first-order valence-corrected chi connectivity index (χ1v) is 7.41. The Bertz CT molecular complexity index is 339. The number of nitrogens with zero attached hydrogens (tertiary/aromatic N) is 1. The molecule has 118 valence electrons. The van der Waals surface area contributed by atoms with Gasteiger partial charge in [-0.25, -0.2) is 13.6 Å². The molecule has 1 aliphatic rings. The number of hydrogen-bond acceptors (Lipinski definition) is 1. The van der Waals surface area contributed by atoms with Gasteiger partial charge in [0.1, 0.15) is 0 Å². The van der Waals surface area contributed by atoms with Crippen LogP contribution in [0.2, 0.25) is 0 Å². The van der Waals surface area contributed by atoms with Crippen LogP contribution in [0.5, 0.6) is 0 Å². The molecular formula is C15H27F2NO2. The lowest BCUT2D eigenvalue weighted by atomic mass is 9.77. The van der Waals surface area contributed by atoms with E-state index in [2.05, 4.69) is 0 Å². The fourth-order valence-corrected chi connectivity index (χ4v) is 3.02. The summed E-state index contributed by atoms with van der Waals surface area (Å²) >= 11 is 0. The lowest BCUT2D eigenvalue weighted by molar-refractivity contribution is -0.101. The van der Waals surface area contributed by atoms with E-state index in [9.17, 15) is 18.7 Å². The van der Waals surface area contributed by atoms with Crippen LogP contribution in [0.1, 0.15) is 53.4 Å². The molecule has 0 aromatic carbocycles. The van der Waals surface area contributed by atoms with E-state index in [-0.39, 0.29) is 17.8 Å². The van der Waals surface area contributed by atoms with Crippen molar-refractivity contribution in [3.05, 3.63) is 0 Å². The fourth-order valence-electron chi connectivity index (χ4n) is 3.02. The molecule has 0 radical (unpaired) electrons. The van der Waals surface area contributed by atoms with Crippen molar-refractivity contribution in [2.75, 3.05) is 13.1 Å². The molecule has 0 aromatic heterocycles. The van der Waals surface area contributed by atoms with Gasteiger partial charge in [0.25, 0.3) is 5.92 Å². The molecule has 0 spiro atoms. The quantitative estimate of drug-likeness (QED) is 0.830. The van der Waals surface area contributed by atoms with E-state index < -0.39 is 17.9 Å². The standard InChI is InChI=1S/C15H27F2NO2/c1-5-12-8-11(6-7-15(12,16)17)9-18(13(19)20)10-14(2,3)4/h11-12H,5-10H2,1-4H3,(H,19,20). The van der Waals surface area contributed by atoms with E-state index in [1.165, 1.54) is 4.90 Å². The summed E-state index contributed by atoms with van der Waals surface area (Å²) in [6.07, 6.45) is 0.231. The van der Waals surface area contributed by atoms with Crippen LogP contribution >= 0.6 is 0 Å². The molecular weight excluding hydrogens is 264 g/mol. The van der Waals surface area contributed by atoms with Crippen molar-refractivity contribution in [3.8, 4) is 0 Å². The van der Waals surface area contributed by atoms with E-state index in [1.807, 2.05) is 20.8 Å². The Hall–Kier alpha value is -0.870. The van der Waals surface area contributed by atoms with E-state index in [0.717, 1.165) is 0 Å². The number of rotatable bonds is 4. The van der Waals surface area contributed by atoms with Gasteiger partial charge >= 0.3 is 6.09 Å². The number of alkyl halides is 2. The maximum atomic E-state index is 13.7. The van der Waals surface area contributed by atoms with Gasteiger partial charge in [-0.05, 0) is 30.6 Å². The predicted octanol–water partition coefficient (Wildman–Crippen LogP) is 4.47. The molecule has 1 amide bonds. The monoisotopic (exact) mass is 291 g/mol. The maximum absolute atomic E-state index is 13.7. The van der Waals surface area contributed by atoms with E-state index in [4.69, 9.17) is 0 Å². The molecule has 1 rings (SSSR count). The highest BCUT2D eigenvalue weighted by Crippen LogP contribution is 2.43. The smallest absolute Gasteiger partial charge is 0.407 e. The summed E-state index contributed by atoms with van der Waals surface area (Å²) in [4.78, 5) is 12.7. The summed E-state index contributed by atoms with van der Waals surface area (Å²) in [5.41, 5.74) is -0.124. The molecule has 0 heterocycles. The second-order valence-electron chi connectivity index (χ2n) is 7.23. The van der Waals surface area contributed by atoms with Crippen LogP contribution in [0, 0.1) is 17.3 Å². The number of hydrogen-bond donors (Lipinski definition) is 1. The Morgan fingerprint density at radius 2 is 2.00 bits per heavy atom. The van der Waals surface area contributed by atoms with Gasteiger partial charge in [-0.2, -0.15) is 0 Å². The zero-order valence-corrected chi connectivity index (χ0v) is 13.0.